The van der Waals surface area contributed by atoms with Gasteiger partial charge in [-0.2, -0.15) is 5.26 Å². The van der Waals surface area contributed by atoms with Crippen molar-refractivity contribution in [1.82, 2.24) is 20.3 Å². The number of para-hydroxylation sites is 1. The molecule has 3 heterocycles. The number of nitriles is 1. The Morgan fingerprint density at radius 2 is 1.95 bits per heavy atom. The number of benzene rings is 2. The predicted octanol–water partition coefficient (Wildman–Crippen LogP) is 6.83. The SMILES string of the molecule is CC(C)(C)OC(=O)N[C@H](COc1cncc(-c2ccc3cnccc3c2)c1/C=C/C#N)Cc1c[nH]c2ccccc12. The van der Waals surface area contributed by atoms with Gasteiger partial charge in [0.25, 0.3) is 0 Å². The molecule has 0 bridgehead atoms. The van der Waals surface area contributed by atoms with Crippen LogP contribution in [0.5, 0.6) is 5.75 Å². The van der Waals surface area contributed by atoms with Crippen molar-refractivity contribution in [2.75, 3.05) is 6.61 Å². The number of allylic oxidation sites excluding steroid dienone is 1. The molecule has 0 saturated heterocycles. The normalized spacial score (nSPS) is 12.3. The summed E-state index contributed by atoms with van der Waals surface area (Å²) in [5.74, 6) is 0.499. The number of hydrogen-bond donors (Lipinski definition) is 2. The van der Waals surface area contributed by atoms with Crippen LogP contribution in [0, 0.1) is 11.3 Å². The van der Waals surface area contributed by atoms with Gasteiger partial charge in [-0.3, -0.25) is 9.97 Å². The molecule has 206 valence electrons. The molecule has 1 atom stereocenters. The molecule has 8 nitrogen and oxygen atoms in total. The number of nitrogens with zero attached hydrogens (tertiary/aromatic N) is 3. The third-order valence-electron chi connectivity index (χ3n) is 6.53. The minimum absolute atomic E-state index is 0.153. The predicted molar refractivity (Wildman–Crippen MR) is 160 cm³/mol. The second-order valence-electron chi connectivity index (χ2n) is 10.7. The average Bonchev–Trinajstić information content (AvgIpc) is 3.36. The molecule has 0 spiro atoms. The van der Waals surface area contributed by atoms with Crippen LogP contribution < -0.4 is 10.1 Å². The van der Waals surface area contributed by atoms with Crippen molar-refractivity contribution in [1.29, 1.82) is 5.26 Å². The Morgan fingerprint density at radius 3 is 2.78 bits per heavy atom. The lowest BCUT2D eigenvalue weighted by atomic mass is 9.98. The van der Waals surface area contributed by atoms with Gasteiger partial charge in [-0.1, -0.05) is 30.3 Å². The highest BCUT2D eigenvalue weighted by atomic mass is 16.6. The van der Waals surface area contributed by atoms with Gasteiger partial charge in [-0.15, -0.1) is 0 Å². The first-order chi connectivity index (χ1) is 19.8. The van der Waals surface area contributed by atoms with Gasteiger partial charge in [0.1, 0.15) is 18.0 Å². The van der Waals surface area contributed by atoms with E-state index in [0.717, 1.165) is 43.9 Å². The quantitative estimate of drug-likeness (QED) is 0.207. The second kappa shape index (κ2) is 11.9. The molecular formula is C33H31N5O3. The lowest BCUT2D eigenvalue weighted by Crippen LogP contribution is -2.43. The Balaban J connectivity index is 1.45. The zero-order valence-electron chi connectivity index (χ0n) is 23.2. The molecule has 5 aromatic rings. The number of aromatic amines is 1. The Hall–Kier alpha value is -5.16. The molecule has 2 aromatic carbocycles. The number of ether oxygens (including phenoxy) is 2. The molecule has 0 aliphatic rings. The Bertz CT molecular complexity index is 1760. The topological polar surface area (TPSA) is 113 Å². The summed E-state index contributed by atoms with van der Waals surface area (Å²) in [6, 6.07) is 17.7. The molecule has 0 aliphatic carbocycles. The van der Waals surface area contributed by atoms with Crippen LogP contribution >= 0.6 is 0 Å². The molecule has 41 heavy (non-hydrogen) atoms. The summed E-state index contributed by atoms with van der Waals surface area (Å²) in [6.07, 6.45) is 12.0. The van der Waals surface area contributed by atoms with E-state index >= 15 is 0 Å². The van der Waals surface area contributed by atoms with Crippen LogP contribution in [-0.2, 0) is 11.2 Å². The van der Waals surface area contributed by atoms with Crippen molar-refractivity contribution < 1.29 is 14.3 Å². The molecule has 0 unspecified atom stereocenters. The first-order valence-corrected chi connectivity index (χ1v) is 13.4. The number of carbonyl (C=O) groups is 1. The zero-order valence-corrected chi connectivity index (χ0v) is 23.2. The number of alkyl carbamates (subject to hydrolysis) is 1. The summed E-state index contributed by atoms with van der Waals surface area (Å²) in [4.78, 5) is 24.7. The highest BCUT2D eigenvalue weighted by Crippen LogP contribution is 2.33. The standard InChI is InChI=1S/C33H31N5O3/c1-33(2,3)41-32(39)38-26(16-25-18-37-30-9-5-4-7-27(25)30)21-40-31-20-36-19-29(28(31)8-6-13-34)23-10-11-24-17-35-14-12-22(24)15-23/h4-12,14-15,17-20,26,37H,16,21H2,1-3H3,(H,38,39)/b8-6+/t26-/m0/s1. The van der Waals surface area contributed by atoms with Gasteiger partial charge in [-0.25, -0.2) is 4.79 Å². The van der Waals surface area contributed by atoms with Crippen molar-refractivity contribution in [3.63, 3.8) is 0 Å². The van der Waals surface area contributed by atoms with Gasteiger partial charge in [0.2, 0.25) is 0 Å². The van der Waals surface area contributed by atoms with E-state index in [9.17, 15) is 10.1 Å². The van der Waals surface area contributed by atoms with E-state index < -0.39 is 17.7 Å². The lowest BCUT2D eigenvalue weighted by Gasteiger charge is -2.24. The van der Waals surface area contributed by atoms with Crippen LogP contribution in [-0.4, -0.2) is 39.3 Å². The third-order valence-corrected chi connectivity index (χ3v) is 6.53. The highest BCUT2D eigenvalue weighted by Gasteiger charge is 2.22. The lowest BCUT2D eigenvalue weighted by molar-refractivity contribution is 0.0488. The Morgan fingerprint density at radius 1 is 1.10 bits per heavy atom. The fourth-order valence-corrected chi connectivity index (χ4v) is 4.72. The van der Waals surface area contributed by atoms with Crippen LogP contribution in [0.1, 0.15) is 31.9 Å². The maximum Gasteiger partial charge on any atom is 0.408 e. The van der Waals surface area contributed by atoms with Crippen molar-refractivity contribution in [2.45, 2.75) is 38.8 Å². The summed E-state index contributed by atoms with van der Waals surface area (Å²) >= 11 is 0. The van der Waals surface area contributed by atoms with Crippen molar-refractivity contribution in [2.24, 2.45) is 0 Å². The second-order valence-corrected chi connectivity index (χ2v) is 10.7. The molecule has 0 saturated carbocycles. The zero-order chi connectivity index (χ0) is 28.8. The average molecular weight is 546 g/mol. The monoisotopic (exact) mass is 545 g/mol. The van der Waals surface area contributed by atoms with E-state index in [1.807, 2.05) is 75.6 Å². The van der Waals surface area contributed by atoms with Gasteiger partial charge in [0.15, 0.2) is 0 Å². The Kier molecular flexibility index (Phi) is 7.97. The largest absolute Gasteiger partial charge is 0.489 e. The fraction of sp³-hybridized carbons (Fsp3) is 0.212. The van der Waals surface area contributed by atoms with Crippen LogP contribution in [0.15, 0.2) is 85.6 Å². The maximum absolute atomic E-state index is 12.8. The Labute approximate surface area is 238 Å². The molecule has 0 fully saturated rings. The van der Waals surface area contributed by atoms with Crippen molar-refractivity contribution >= 4 is 33.8 Å². The van der Waals surface area contributed by atoms with Crippen molar-refractivity contribution in [3.05, 3.63) is 96.7 Å². The summed E-state index contributed by atoms with van der Waals surface area (Å²) < 4.78 is 11.9. The van der Waals surface area contributed by atoms with Gasteiger partial charge in [0, 0.05) is 58.3 Å². The number of pyridine rings is 2. The van der Waals surface area contributed by atoms with Crippen LogP contribution in [0.2, 0.25) is 0 Å². The number of amides is 1. The van der Waals surface area contributed by atoms with E-state index in [2.05, 4.69) is 32.4 Å². The molecule has 2 N–H and O–H groups in total. The smallest absolute Gasteiger partial charge is 0.408 e. The van der Waals surface area contributed by atoms with Gasteiger partial charge in [-0.05, 0) is 68.0 Å². The van der Waals surface area contributed by atoms with E-state index in [-0.39, 0.29) is 6.61 Å². The first-order valence-electron chi connectivity index (χ1n) is 13.4. The minimum Gasteiger partial charge on any atom is -0.489 e. The first kappa shape index (κ1) is 27.4. The van der Waals surface area contributed by atoms with Gasteiger partial charge >= 0.3 is 6.09 Å². The van der Waals surface area contributed by atoms with E-state index in [1.54, 1.807) is 24.7 Å². The molecule has 8 heteroatoms. The molecular weight excluding hydrogens is 514 g/mol. The summed E-state index contributed by atoms with van der Waals surface area (Å²) in [6.45, 7) is 5.63. The molecule has 0 aliphatic heterocycles. The number of nitrogens with one attached hydrogen (secondary N) is 2. The van der Waals surface area contributed by atoms with E-state index in [0.29, 0.717) is 12.2 Å². The maximum atomic E-state index is 12.8. The van der Waals surface area contributed by atoms with Crippen molar-refractivity contribution in [3.8, 4) is 22.9 Å². The number of fused-ring (bicyclic) bond motifs is 2. The van der Waals surface area contributed by atoms with Crippen LogP contribution in [0.25, 0.3) is 38.9 Å². The van der Waals surface area contributed by atoms with E-state index in [1.165, 1.54) is 6.08 Å². The number of carbonyl (C=O) groups excluding carboxylic acids is 1. The van der Waals surface area contributed by atoms with E-state index in [4.69, 9.17) is 9.47 Å². The number of H-pyrrole nitrogens is 1. The fourth-order valence-electron chi connectivity index (χ4n) is 4.72. The summed E-state index contributed by atoms with van der Waals surface area (Å²) in [5.41, 5.74) is 3.90. The van der Waals surface area contributed by atoms with Crippen LogP contribution in [0.4, 0.5) is 4.79 Å². The van der Waals surface area contributed by atoms with Gasteiger partial charge < -0.3 is 19.8 Å². The molecule has 0 radical (unpaired) electrons. The van der Waals surface area contributed by atoms with Crippen LogP contribution in [0.3, 0.4) is 0 Å². The minimum atomic E-state index is -0.639. The number of aromatic nitrogens is 3. The number of hydrogen-bond acceptors (Lipinski definition) is 6. The molecule has 1 amide bonds. The highest BCUT2D eigenvalue weighted by molar-refractivity contribution is 5.89. The summed E-state index contributed by atoms with van der Waals surface area (Å²) in [5, 5.41) is 15.4. The number of rotatable bonds is 8. The third kappa shape index (κ3) is 6.71. The summed E-state index contributed by atoms with van der Waals surface area (Å²) in [7, 11) is 0. The molecule has 5 rings (SSSR count). The molecule has 3 aromatic heterocycles. The van der Waals surface area contributed by atoms with Gasteiger partial charge in [0.05, 0.1) is 18.3 Å².